The van der Waals surface area contributed by atoms with Gasteiger partial charge in [-0.25, -0.2) is 4.85 Å². The molecule has 0 fully saturated rings. The van der Waals surface area contributed by atoms with E-state index in [1.165, 1.54) is 0 Å². The molecule has 7 heteroatoms. The molecule has 1 aromatic heterocycles. The number of hydrogen-bond donors (Lipinski definition) is 1. The molecular formula is C19H19F3N2O2. The van der Waals surface area contributed by atoms with Crippen LogP contribution >= 0.6 is 0 Å². The van der Waals surface area contributed by atoms with E-state index in [2.05, 4.69) is 4.85 Å². The van der Waals surface area contributed by atoms with Gasteiger partial charge in [0.15, 0.2) is 0 Å². The summed E-state index contributed by atoms with van der Waals surface area (Å²) in [5.74, 6) is -0.203. The Bertz CT molecular complexity index is 908. The van der Waals surface area contributed by atoms with Gasteiger partial charge in [0.1, 0.15) is 0 Å². The molecule has 0 saturated heterocycles. The number of alkyl halides is 3. The third-order valence-electron chi connectivity index (χ3n) is 4.14. The van der Waals surface area contributed by atoms with Gasteiger partial charge >= 0.3 is 6.18 Å². The first-order valence-electron chi connectivity index (χ1n) is 8.03. The average Bonchev–Trinajstić information content (AvgIpc) is 2.54. The van der Waals surface area contributed by atoms with Crippen LogP contribution in [0.4, 0.5) is 18.9 Å². The fraction of sp³-hybridized carbons (Fsp3) is 0.368. The van der Waals surface area contributed by atoms with Crippen molar-refractivity contribution in [2.24, 2.45) is 5.92 Å². The van der Waals surface area contributed by atoms with Gasteiger partial charge in [-0.3, -0.25) is 4.79 Å². The van der Waals surface area contributed by atoms with E-state index >= 15 is 0 Å². The molecule has 2 aromatic rings. The van der Waals surface area contributed by atoms with Crippen LogP contribution in [0.1, 0.15) is 25.0 Å². The van der Waals surface area contributed by atoms with Crippen LogP contribution in [0.5, 0.6) is 0 Å². The predicted molar refractivity (Wildman–Crippen MR) is 93.0 cm³/mol. The number of aliphatic hydroxyl groups is 1. The lowest BCUT2D eigenvalue weighted by atomic mass is 10.0. The van der Waals surface area contributed by atoms with E-state index in [9.17, 15) is 23.1 Å². The second kappa shape index (κ2) is 7.34. The number of pyridine rings is 1. The van der Waals surface area contributed by atoms with Gasteiger partial charge in [0.05, 0.1) is 24.8 Å². The van der Waals surface area contributed by atoms with E-state index < -0.39 is 29.1 Å². The van der Waals surface area contributed by atoms with Gasteiger partial charge in [-0.15, -0.1) is 0 Å². The Balaban J connectivity index is 2.84. The summed E-state index contributed by atoms with van der Waals surface area (Å²) in [5.41, 5.74) is -2.04. The summed E-state index contributed by atoms with van der Waals surface area (Å²) in [5, 5.41) is 10.2. The molecule has 0 aliphatic heterocycles. The van der Waals surface area contributed by atoms with Crippen molar-refractivity contribution in [1.29, 1.82) is 0 Å². The van der Waals surface area contributed by atoms with Crippen molar-refractivity contribution >= 4 is 5.69 Å². The summed E-state index contributed by atoms with van der Waals surface area (Å²) in [4.78, 5) is 15.5. The third kappa shape index (κ3) is 3.97. The zero-order valence-corrected chi connectivity index (χ0v) is 14.6. The lowest BCUT2D eigenvalue weighted by Crippen LogP contribution is -2.31. The first-order valence-corrected chi connectivity index (χ1v) is 8.03. The molecule has 1 aromatic carbocycles. The zero-order chi connectivity index (χ0) is 19.6. The first-order chi connectivity index (χ1) is 12.1. The SMILES string of the molecule is [C-]#[N+]c1c(C(F)(F)F)cc(-c2cccc(C)c2)n(CC(O)C(C)C)c1=O. The van der Waals surface area contributed by atoms with Crippen molar-refractivity contribution in [3.63, 3.8) is 0 Å². The molecule has 1 atom stereocenters. The number of nitrogens with zero attached hydrogens (tertiary/aromatic N) is 2. The van der Waals surface area contributed by atoms with Gasteiger partial charge in [-0.1, -0.05) is 37.6 Å². The standard InChI is InChI=1S/C19H19F3N2O2/c1-11(2)16(25)10-24-15(13-7-5-6-12(3)8-13)9-14(19(20,21)22)17(23-4)18(24)26/h5-9,11,16,25H,10H2,1-3H3. The molecule has 0 radical (unpaired) electrons. The van der Waals surface area contributed by atoms with Crippen LogP contribution in [0.3, 0.4) is 0 Å². The maximum absolute atomic E-state index is 13.4. The lowest BCUT2D eigenvalue weighted by molar-refractivity contribution is -0.136. The molecule has 0 spiro atoms. The summed E-state index contributed by atoms with van der Waals surface area (Å²) in [6.45, 7) is 12.1. The van der Waals surface area contributed by atoms with Crippen molar-refractivity contribution < 1.29 is 18.3 Å². The van der Waals surface area contributed by atoms with Gasteiger partial charge in [0.2, 0.25) is 0 Å². The first kappa shape index (κ1) is 19.7. The highest BCUT2D eigenvalue weighted by molar-refractivity contribution is 5.66. The van der Waals surface area contributed by atoms with Crippen LogP contribution in [-0.2, 0) is 12.7 Å². The second-order valence-corrected chi connectivity index (χ2v) is 6.50. The molecule has 0 saturated carbocycles. The summed E-state index contributed by atoms with van der Waals surface area (Å²) >= 11 is 0. The van der Waals surface area contributed by atoms with E-state index in [4.69, 9.17) is 6.57 Å². The number of halogens is 3. The van der Waals surface area contributed by atoms with E-state index in [0.717, 1.165) is 16.2 Å². The lowest BCUT2D eigenvalue weighted by Gasteiger charge is -2.22. The van der Waals surface area contributed by atoms with Crippen molar-refractivity contribution in [2.45, 2.75) is 39.6 Å². The highest BCUT2D eigenvalue weighted by Crippen LogP contribution is 2.37. The van der Waals surface area contributed by atoms with Crippen LogP contribution in [0.15, 0.2) is 35.1 Å². The zero-order valence-electron chi connectivity index (χ0n) is 14.6. The van der Waals surface area contributed by atoms with Crippen LogP contribution in [0, 0.1) is 19.4 Å². The average molecular weight is 364 g/mol. The van der Waals surface area contributed by atoms with Crippen LogP contribution in [-0.4, -0.2) is 15.8 Å². The number of aromatic nitrogens is 1. The Morgan fingerprint density at radius 1 is 1.27 bits per heavy atom. The molecule has 0 aliphatic carbocycles. The second-order valence-electron chi connectivity index (χ2n) is 6.50. The summed E-state index contributed by atoms with van der Waals surface area (Å²) in [7, 11) is 0. The van der Waals surface area contributed by atoms with E-state index in [-0.39, 0.29) is 18.2 Å². The Kier molecular flexibility index (Phi) is 5.57. The van der Waals surface area contributed by atoms with Gasteiger partial charge in [-0.2, -0.15) is 13.2 Å². The predicted octanol–water partition coefficient (Wildman–Crippen LogP) is 4.41. The molecule has 0 amide bonds. The van der Waals surface area contributed by atoms with Gasteiger partial charge in [0.25, 0.3) is 11.2 Å². The third-order valence-corrected chi connectivity index (χ3v) is 4.14. The fourth-order valence-corrected chi connectivity index (χ4v) is 2.58. The molecule has 0 aliphatic rings. The Labute approximate surface area is 149 Å². The maximum atomic E-state index is 13.4. The van der Waals surface area contributed by atoms with Crippen molar-refractivity contribution in [3.05, 3.63) is 63.2 Å². The highest BCUT2D eigenvalue weighted by Gasteiger charge is 2.36. The van der Waals surface area contributed by atoms with E-state index in [1.54, 1.807) is 45.0 Å². The molecule has 2 rings (SSSR count). The minimum atomic E-state index is -4.83. The van der Waals surface area contributed by atoms with Gasteiger partial charge in [0, 0.05) is 5.69 Å². The molecule has 1 unspecified atom stereocenters. The molecule has 0 bridgehead atoms. The minimum Gasteiger partial charge on any atom is -0.391 e. The largest absolute Gasteiger partial charge is 0.407 e. The Hall–Kier alpha value is -2.59. The summed E-state index contributed by atoms with van der Waals surface area (Å²) < 4.78 is 41.2. The molecule has 1 N–H and O–H groups in total. The molecule has 138 valence electrons. The van der Waals surface area contributed by atoms with Crippen LogP contribution in [0.25, 0.3) is 16.1 Å². The Morgan fingerprint density at radius 3 is 2.42 bits per heavy atom. The maximum Gasteiger partial charge on any atom is 0.407 e. The van der Waals surface area contributed by atoms with Crippen molar-refractivity contribution in [1.82, 2.24) is 4.57 Å². The highest BCUT2D eigenvalue weighted by atomic mass is 19.4. The van der Waals surface area contributed by atoms with E-state index in [1.807, 2.05) is 0 Å². The number of aliphatic hydroxyl groups excluding tert-OH is 1. The number of rotatable bonds is 4. The van der Waals surface area contributed by atoms with Gasteiger partial charge < -0.3 is 9.67 Å². The Morgan fingerprint density at radius 2 is 1.92 bits per heavy atom. The number of hydrogen-bond acceptors (Lipinski definition) is 2. The van der Waals surface area contributed by atoms with Crippen molar-refractivity contribution in [2.75, 3.05) is 0 Å². The van der Waals surface area contributed by atoms with Crippen molar-refractivity contribution in [3.8, 4) is 11.3 Å². The normalized spacial score (nSPS) is 12.9. The number of aryl methyl sites for hydroxylation is 1. The minimum absolute atomic E-state index is 0.0260. The number of benzene rings is 1. The monoisotopic (exact) mass is 364 g/mol. The topological polar surface area (TPSA) is 46.6 Å². The van der Waals surface area contributed by atoms with E-state index in [0.29, 0.717) is 5.56 Å². The quantitative estimate of drug-likeness (QED) is 0.817. The van der Waals surface area contributed by atoms with Crippen LogP contribution < -0.4 is 5.56 Å². The van der Waals surface area contributed by atoms with Crippen LogP contribution in [0.2, 0.25) is 0 Å². The molecule has 4 nitrogen and oxygen atoms in total. The molecule has 1 heterocycles. The smallest absolute Gasteiger partial charge is 0.391 e. The fourth-order valence-electron chi connectivity index (χ4n) is 2.58. The summed E-state index contributed by atoms with van der Waals surface area (Å²) in [6, 6.07) is 7.53. The molecule has 26 heavy (non-hydrogen) atoms. The molecular weight excluding hydrogens is 345 g/mol. The van der Waals surface area contributed by atoms with Gasteiger partial charge in [-0.05, 0) is 30.5 Å². The summed E-state index contributed by atoms with van der Waals surface area (Å²) in [6.07, 6.45) is -5.76.